The molecule has 1 amide bonds. The molecule has 0 N–H and O–H groups in total. The minimum atomic E-state index is 0.171. The van der Waals surface area contributed by atoms with Crippen molar-refractivity contribution in [2.75, 3.05) is 13.1 Å². The van der Waals surface area contributed by atoms with E-state index >= 15 is 0 Å². The molecule has 0 saturated heterocycles. The first-order chi connectivity index (χ1) is 14.7. The lowest BCUT2D eigenvalue weighted by atomic mass is 9.83. The fraction of sp³-hybridized carbons (Fsp3) is 0.444. The van der Waals surface area contributed by atoms with E-state index in [0.717, 1.165) is 38.8 Å². The lowest BCUT2D eigenvalue weighted by molar-refractivity contribution is -0.132. The van der Waals surface area contributed by atoms with E-state index in [1.54, 1.807) is 0 Å². The van der Waals surface area contributed by atoms with Crippen molar-refractivity contribution in [1.29, 1.82) is 0 Å². The van der Waals surface area contributed by atoms with Crippen LogP contribution in [0.1, 0.15) is 67.1 Å². The molecule has 1 aliphatic heterocycles. The molecule has 156 valence electrons. The van der Waals surface area contributed by atoms with Gasteiger partial charge in [-0.25, -0.2) is 0 Å². The Balaban J connectivity index is 1.18. The Bertz CT molecular complexity index is 920. The Kier molecular flexibility index (Phi) is 5.69. The molecular weight excluding hydrogens is 390 g/mol. The molecule has 4 atom stereocenters. The summed E-state index contributed by atoms with van der Waals surface area (Å²) in [5, 5.41) is 0.329. The average molecular weight is 420 g/mol. The van der Waals surface area contributed by atoms with Gasteiger partial charge >= 0.3 is 0 Å². The number of carbonyl (C=O) groups excluding carboxylic acids is 1. The summed E-state index contributed by atoms with van der Waals surface area (Å²) in [5.41, 5.74) is 5.40. The van der Waals surface area contributed by atoms with Gasteiger partial charge in [0.05, 0.1) is 0 Å². The van der Waals surface area contributed by atoms with E-state index in [0.29, 0.717) is 23.1 Å². The highest BCUT2D eigenvalue weighted by Crippen LogP contribution is 2.49. The van der Waals surface area contributed by atoms with Gasteiger partial charge in [0, 0.05) is 24.4 Å². The number of hydrogen-bond donors (Lipinski definition) is 0. The van der Waals surface area contributed by atoms with Crippen molar-refractivity contribution in [2.45, 2.75) is 55.7 Å². The van der Waals surface area contributed by atoms with Crippen LogP contribution in [-0.4, -0.2) is 29.3 Å². The van der Waals surface area contributed by atoms with Gasteiger partial charge in [0.1, 0.15) is 0 Å². The third-order valence-corrected chi connectivity index (χ3v) is 7.62. The molecule has 3 heteroatoms. The van der Waals surface area contributed by atoms with Crippen LogP contribution in [0.25, 0.3) is 5.57 Å². The molecule has 2 saturated carbocycles. The second kappa shape index (κ2) is 8.59. The van der Waals surface area contributed by atoms with Crippen LogP contribution in [0.4, 0.5) is 0 Å². The Labute approximate surface area is 184 Å². The van der Waals surface area contributed by atoms with E-state index in [2.05, 4.69) is 54.6 Å². The van der Waals surface area contributed by atoms with Gasteiger partial charge in [-0.15, -0.1) is 11.6 Å². The van der Waals surface area contributed by atoms with Crippen molar-refractivity contribution < 1.29 is 4.79 Å². The largest absolute Gasteiger partial charge is 0.338 e. The molecule has 1 heterocycles. The zero-order valence-corrected chi connectivity index (χ0v) is 18.2. The third kappa shape index (κ3) is 4.21. The van der Waals surface area contributed by atoms with Crippen molar-refractivity contribution in [1.82, 2.24) is 4.90 Å². The molecule has 2 fully saturated rings. The van der Waals surface area contributed by atoms with Crippen LogP contribution in [0.15, 0.2) is 60.7 Å². The number of halogens is 1. The zero-order chi connectivity index (χ0) is 20.5. The molecule has 4 unspecified atom stereocenters. The van der Waals surface area contributed by atoms with Gasteiger partial charge in [-0.1, -0.05) is 67.1 Å². The van der Waals surface area contributed by atoms with Gasteiger partial charge < -0.3 is 4.90 Å². The molecule has 0 bridgehead atoms. The molecule has 2 aromatic carbocycles. The van der Waals surface area contributed by atoms with Gasteiger partial charge in [0.2, 0.25) is 5.91 Å². The number of benzene rings is 2. The van der Waals surface area contributed by atoms with Crippen LogP contribution in [0.5, 0.6) is 0 Å². The molecule has 2 aromatic rings. The topological polar surface area (TPSA) is 20.3 Å². The fourth-order valence-electron chi connectivity index (χ4n) is 5.30. The van der Waals surface area contributed by atoms with Crippen molar-refractivity contribution in [2.24, 2.45) is 5.92 Å². The lowest BCUT2D eigenvalue weighted by Gasteiger charge is -2.27. The Morgan fingerprint density at radius 3 is 2.40 bits per heavy atom. The number of rotatable bonds is 4. The smallest absolute Gasteiger partial charge is 0.226 e. The number of amides is 1. The van der Waals surface area contributed by atoms with Gasteiger partial charge in [-0.3, -0.25) is 4.79 Å². The molecule has 2 nitrogen and oxygen atoms in total. The van der Waals surface area contributed by atoms with Crippen LogP contribution in [0.3, 0.4) is 0 Å². The average Bonchev–Trinajstić information content (AvgIpc) is 3.60. The number of carbonyl (C=O) groups is 1. The maximum absolute atomic E-state index is 13.0. The van der Waals surface area contributed by atoms with E-state index in [9.17, 15) is 4.79 Å². The van der Waals surface area contributed by atoms with Crippen LogP contribution >= 0.6 is 11.6 Å². The quantitative estimate of drug-likeness (QED) is 0.527. The Hall–Kier alpha value is -2.06. The minimum Gasteiger partial charge on any atom is -0.338 e. The fourth-order valence-corrected chi connectivity index (χ4v) is 5.67. The summed E-state index contributed by atoms with van der Waals surface area (Å²) < 4.78 is 0. The number of nitrogens with zero attached hydrogens (tertiary/aromatic N) is 1. The molecule has 2 aliphatic carbocycles. The summed E-state index contributed by atoms with van der Waals surface area (Å²) in [6.45, 7) is 1.58. The predicted molar refractivity (Wildman–Crippen MR) is 124 cm³/mol. The third-order valence-electron chi connectivity index (χ3n) is 7.22. The summed E-state index contributed by atoms with van der Waals surface area (Å²) in [4.78, 5) is 15.1. The molecule has 0 radical (unpaired) electrons. The number of alkyl halides is 1. The van der Waals surface area contributed by atoms with Crippen LogP contribution < -0.4 is 0 Å². The van der Waals surface area contributed by atoms with Crippen molar-refractivity contribution >= 4 is 23.1 Å². The van der Waals surface area contributed by atoms with Gasteiger partial charge in [-0.05, 0) is 66.2 Å². The van der Waals surface area contributed by atoms with E-state index in [1.165, 1.54) is 35.1 Å². The minimum absolute atomic E-state index is 0.171. The normalized spacial score (nSPS) is 28.7. The lowest BCUT2D eigenvalue weighted by Crippen LogP contribution is -2.36. The summed E-state index contributed by atoms with van der Waals surface area (Å²) in [5.74, 6) is 1.51. The summed E-state index contributed by atoms with van der Waals surface area (Å²) in [6.07, 6.45) is 8.91. The number of hydrogen-bond acceptors (Lipinski definition) is 1. The van der Waals surface area contributed by atoms with Gasteiger partial charge in [-0.2, -0.15) is 0 Å². The highest BCUT2D eigenvalue weighted by molar-refractivity contribution is 6.20. The van der Waals surface area contributed by atoms with Crippen molar-refractivity contribution in [3.63, 3.8) is 0 Å². The van der Waals surface area contributed by atoms with E-state index in [1.807, 2.05) is 11.0 Å². The van der Waals surface area contributed by atoms with Crippen molar-refractivity contribution in [3.05, 3.63) is 77.4 Å². The molecule has 0 spiro atoms. The monoisotopic (exact) mass is 419 g/mol. The summed E-state index contributed by atoms with van der Waals surface area (Å²) in [6, 6.07) is 19.6. The molecule has 0 aromatic heterocycles. The maximum atomic E-state index is 13.0. The maximum Gasteiger partial charge on any atom is 0.226 e. The first kappa shape index (κ1) is 19.9. The Morgan fingerprint density at radius 1 is 0.933 bits per heavy atom. The Morgan fingerprint density at radius 2 is 1.70 bits per heavy atom. The molecular formula is C27H30ClNO. The predicted octanol–water partition coefficient (Wildman–Crippen LogP) is 6.37. The summed E-state index contributed by atoms with van der Waals surface area (Å²) in [7, 11) is 0. The van der Waals surface area contributed by atoms with Crippen LogP contribution in [-0.2, 0) is 4.79 Å². The van der Waals surface area contributed by atoms with Crippen LogP contribution in [0, 0.1) is 5.92 Å². The molecule has 30 heavy (non-hydrogen) atoms. The van der Waals surface area contributed by atoms with E-state index in [-0.39, 0.29) is 5.92 Å². The van der Waals surface area contributed by atoms with Gasteiger partial charge in [0.15, 0.2) is 0 Å². The zero-order valence-electron chi connectivity index (χ0n) is 17.5. The summed E-state index contributed by atoms with van der Waals surface area (Å²) >= 11 is 6.38. The van der Waals surface area contributed by atoms with Crippen molar-refractivity contribution in [3.8, 4) is 0 Å². The van der Waals surface area contributed by atoms with Crippen LogP contribution in [0.2, 0.25) is 0 Å². The standard InChI is InChI=1S/C27H30ClNO/c28-24-8-4-7-23(17-24)20-9-11-22(12-10-20)25-18-26(25)27(30)29-15-13-21(14-16-29)19-5-2-1-3-6-19/h1-3,5-6,9-13,23-26H,4,7-8,14-18H2. The second-order valence-corrected chi connectivity index (χ2v) is 9.82. The first-order valence-corrected chi connectivity index (χ1v) is 11.9. The molecule has 5 rings (SSSR count). The van der Waals surface area contributed by atoms with Gasteiger partial charge in [0.25, 0.3) is 0 Å². The molecule has 3 aliphatic rings. The highest BCUT2D eigenvalue weighted by atomic mass is 35.5. The van der Waals surface area contributed by atoms with E-state index < -0.39 is 0 Å². The highest BCUT2D eigenvalue weighted by Gasteiger charge is 2.45. The second-order valence-electron chi connectivity index (χ2n) is 9.21. The SMILES string of the molecule is O=C(C1CC1c1ccc(C2CCCC(Cl)C2)cc1)N1CC=C(c2ccccc2)CC1. The first-order valence-electron chi connectivity index (χ1n) is 11.5. The van der Waals surface area contributed by atoms with E-state index in [4.69, 9.17) is 11.6 Å².